The van der Waals surface area contributed by atoms with Crippen LogP contribution in [0.25, 0.3) is 17.0 Å². The summed E-state index contributed by atoms with van der Waals surface area (Å²) in [5.41, 5.74) is 6.12. The Morgan fingerprint density at radius 2 is 1.81 bits per heavy atom. The third-order valence-electron chi connectivity index (χ3n) is 4.46. The maximum Gasteiger partial charge on any atom is 0.310 e. The molecular weight excluding hydrogens is 460 g/mol. The van der Waals surface area contributed by atoms with E-state index in [9.17, 15) is 9.59 Å². The van der Waals surface area contributed by atoms with Gasteiger partial charge < -0.3 is 20.4 Å². The number of rotatable bonds is 9. The highest BCUT2D eigenvalue weighted by atomic mass is 16.5. The van der Waals surface area contributed by atoms with Gasteiger partial charge in [0.15, 0.2) is 0 Å². The number of hydrogen-bond acceptors (Lipinski definition) is 7. The number of H-pyrrole nitrogens is 1. The first-order chi connectivity index (χ1) is 17.0. The largest absolute Gasteiger partial charge is 0.481 e. The minimum Gasteiger partial charge on any atom is -0.481 e. The summed E-state index contributed by atoms with van der Waals surface area (Å²) >= 11 is 0. The molecule has 3 aromatic rings. The highest BCUT2D eigenvalue weighted by molar-refractivity contribution is 5.80. The molecule has 0 saturated heterocycles. The molecule has 1 aromatic heterocycles. The van der Waals surface area contributed by atoms with E-state index in [1.54, 1.807) is 51.2 Å². The van der Waals surface area contributed by atoms with E-state index >= 15 is 0 Å². The van der Waals surface area contributed by atoms with Crippen LogP contribution in [0.3, 0.4) is 0 Å². The first-order valence-corrected chi connectivity index (χ1v) is 11.7. The van der Waals surface area contributed by atoms with Gasteiger partial charge in [0.25, 0.3) is 0 Å². The van der Waals surface area contributed by atoms with Crippen molar-refractivity contribution in [1.29, 1.82) is 0 Å². The molecule has 0 atom stereocenters. The molecule has 0 radical (unpaired) electrons. The number of anilines is 1. The van der Waals surface area contributed by atoms with Crippen molar-refractivity contribution in [1.82, 2.24) is 10.2 Å². The van der Waals surface area contributed by atoms with E-state index in [0.717, 1.165) is 34.9 Å². The van der Waals surface area contributed by atoms with Crippen LogP contribution in [0.1, 0.15) is 57.2 Å². The molecule has 0 aliphatic heterocycles. The Morgan fingerprint density at radius 3 is 2.39 bits per heavy atom. The monoisotopic (exact) mass is 498 g/mol. The summed E-state index contributed by atoms with van der Waals surface area (Å²) in [6.45, 7) is 11.4. The molecule has 196 valence electrons. The van der Waals surface area contributed by atoms with Crippen LogP contribution in [0.5, 0.6) is 0 Å². The summed E-state index contributed by atoms with van der Waals surface area (Å²) in [5.74, 6) is 4.25. The Balaban J connectivity index is 0.000000308. The number of carbonyl (C=O) groups is 2. The zero-order chi connectivity index (χ0) is 27.1. The first kappa shape index (κ1) is 30.3. The average Bonchev–Trinajstić information content (AvgIpc) is 3.26. The van der Waals surface area contributed by atoms with Crippen LogP contribution in [0, 0.1) is 0 Å². The molecule has 6 N–H and O–H groups in total. The summed E-state index contributed by atoms with van der Waals surface area (Å²) < 4.78 is 5.12. The molecule has 9 heteroatoms. The second-order valence-electron chi connectivity index (χ2n) is 9.05. The maximum atomic E-state index is 11.5. The number of carboxylic acid groups (broad SMARTS) is 1. The number of carboxylic acids is 1. The van der Waals surface area contributed by atoms with E-state index in [4.69, 9.17) is 20.8 Å². The number of hydrogen-bond donors (Lipinski definition) is 5. The molecule has 2 aromatic carbocycles. The van der Waals surface area contributed by atoms with Crippen LogP contribution in [-0.2, 0) is 27.2 Å². The lowest BCUT2D eigenvalue weighted by molar-refractivity contribution is -0.143. The van der Waals surface area contributed by atoms with Gasteiger partial charge >= 0.3 is 11.9 Å². The number of nitrogens with two attached hydrogens (primary N) is 1. The number of benzene rings is 2. The van der Waals surface area contributed by atoms with Gasteiger partial charge in [0.05, 0.1) is 42.5 Å². The molecular formula is C27H38N4O5. The Kier molecular flexibility index (Phi) is 12.9. The fourth-order valence-corrected chi connectivity index (χ4v) is 2.83. The van der Waals surface area contributed by atoms with Gasteiger partial charge in [-0.1, -0.05) is 50.3 Å². The normalized spacial score (nSPS) is 10.4. The Morgan fingerprint density at radius 1 is 1.17 bits per heavy atom. The number of hydrazine groups is 1. The van der Waals surface area contributed by atoms with Crippen LogP contribution < -0.4 is 11.3 Å². The third kappa shape index (κ3) is 12.7. The SMILES string of the molecule is C=Cc1ccc(CC(=O)O)cc1NN.CC(C)(C)O.CCCCOC(=O)Cc1ccc2cn[nH]c2c1. The topological polar surface area (TPSA) is 151 Å². The standard InChI is InChI=1S/C13H16N2O2.C10H12N2O2.C4H10O/c1-2-3-6-17-13(16)8-10-4-5-11-9-14-15-12(11)7-10;1-2-8-4-3-7(6-10(13)14)5-9(8)12-11;1-4(2,3)5/h4-5,7,9H,2-3,6,8H2,1H3,(H,14,15);2-5,12H,1,6,11H2,(H,13,14);5H,1-3H3. The highest BCUT2D eigenvalue weighted by Gasteiger charge is 2.06. The minimum absolute atomic E-state index is 0.00783. The van der Waals surface area contributed by atoms with Crippen LogP contribution in [-0.4, -0.2) is 44.6 Å². The minimum atomic E-state index is -0.862. The smallest absolute Gasteiger partial charge is 0.310 e. The molecule has 0 saturated carbocycles. The van der Waals surface area contributed by atoms with E-state index < -0.39 is 11.6 Å². The van der Waals surface area contributed by atoms with Crippen molar-refractivity contribution in [3.05, 3.63) is 65.9 Å². The molecule has 1 heterocycles. The van der Waals surface area contributed by atoms with Gasteiger partial charge in [0.1, 0.15) is 0 Å². The van der Waals surface area contributed by atoms with Gasteiger partial charge in [-0.05, 0) is 56.0 Å². The van der Waals surface area contributed by atoms with Gasteiger partial charge in [-0.2, -0.15) is 5.10 Å². The van der Waals surface area contributed by atoms with Crippen molar-refractivity contribution < 1.29 is 24.5 Å². The maximum absolute atomic E-state index is 11.5. The quantitative estimate of drug-likeness (QED) is 0.125. The number of carbonyl (C=O) groups excluding carboxylic acids is 1. The average molecular weight is 499 g/mol. The molecule has 9 nitrogen and oxygen atoms in total. The molecule has 0 bridgehead atoms. The van der Waals surface area contributed by atoms with E-state index in [0.29, 0.717) is 24.3 Å². The van der Waals surface area contributed by atoms with E-state index in [-0.39, 0.29) is 12.4 Å². The van der Waals surface area contributed by atoms with Crippen molar-refractivity contribution in [2.75, 3.05) is 12.0 Å². The molecule has 0 amide bonds. The lowest BCUT2D eigenvalue weighted by Crippen LogP contribution is -2.10. The van der Waals surface area contributed by atoms with E-state index in [1.165, 1.54) is 0 Å². The van der Waals surface area contributed by atoms with Crippen molar-refractivity contribution >= 4 is 34.6 Å². The number of nitrogen functional groups attached to an aromatic ring is 1. The number of fused-ring (bicyclic) bond motifs is 1. The second-order valence-corrected chi connectivity index (χ2v) is 9.05. The fraction of sp³-hybridized carbons (Fsp3) is 0.370. The second kappa shape index (κ2) is 15.3. The summed E-state index contributed by atoms with van der Waals surface area (Å²) in [4.78, 5) is 22.0. The molecule has 3 rings (SSSR count). The molecule has 36 heavy (non-hydrogen) atoms. The summed E-state index contributed by atoms with van der Waals surface area (Å²) in [6, 6.07) is 11.0. The van der Waals surface area contributed by atoms with Gasteiger partial charge in [-0.25, -0.2) is 0 Å². The molecule has 0 aliphatic carbocycles. The summed E-state index contributed by atoms with van der Waals surface area (Å²) in [6.07, 6.45) is 5.68. The lowest BCUT2D eigenvalue weighted by atomic mass is 10.1. The molecule has 0 unspecified atom stereocenters. The summed E-state index contributed by atoms with van der Waals surface area (Å²) in [7, 11) is 0. The number of aliphatic carboxylic acids is 1. The van der Waals surface area contributed by atoms with Crippen molar-refractivity contribution in [3.8, 4) is 0 Å². The van der Waals surface area contributed by atoms with Gasteiger partial charge in [0, 0.05) is 5.39 Å². The number of nitrogens with zero attached hydrogens (tertiary/aromatic N) is 1. The number of aliphatic hydroxyl groups is 1. The molecule has 0 spiro atoms. The van der Waals surface area contributed by atoms with Crippen molar-refractivity contribution in [2.45, 2.75) is 59.0 Å². The Labute approximate surface area is 212 Å². The first-order valence-electron chi connectivity index (χ1n) is 11.7. The Hall–Kier alpha value is -3.69. The number of aromatic nitrogens is 2. The zero-order valence-corrected chi connectivity index (χ0v) is 21.5. The zero-order valence-electron chi connectivity index (χ0n) is 21.5. The van der Waals surface area contributed by atoms with E-state index in [2.05, 4.69) is 29.1 Å². The highest BCUT2D eigenvalue weighted by Crippen LogP contribution is 2.18. The third-order valence-corrected chi connectivity index (χ3v) is 4.46. The predicted molar refractivity (Wildman–Crippen MR) is 143 cm³/mol. The fourth-order valence-electron chi connectivity index (χ4n) is 2.83. The van der Waals surface area contributed by atoms with Crippen molar-refractivity contribution in [3.63, 3.8) is 0 Å². The molecule has 0 aliphatic rings. The predicted octanol–water partition coefficient (Wildman–Crippen LogP) is 4.47. The van der Waals surface area contributed by atoms with Crippen LogP contribution in [0.15, 0.2) is 49.2 Å². The van der Waals surface area contributed by atoms with Crippen LogP contribution >= 0.6 is 0 Å². The molecule has 0 fully saturated rings. The number of unbranched alkanes of at least 4 members (excludes halogenated alkanes) is 1. The number of nitrogens with one attached hydrogen (secondary N) is 2. The van der Waals surface area contributed by atoms with Gasteiger partial charge in [-0.15, -0.1) is 0 Å². The summed E-state index contributed by atoms with van der Waals surface area (Å²) in [5, 5.41) is 25.0. The Bertz CT molecular complexity index is 1110. The van der Waals surface area contributed by atoms with Crippen molar-refractivity contribution in [2.24, 2.45) is 5.84 Å². The number of aromatic amines is 1. The number of ether oxygens (including phenoxy) is 1. The van der Waals surface area contributed by atoms with Gasteiger partial charge in [-0.3, -0.25) is 20.5 Å². The van der Waals surface area contributed by atoms with Crippen LogP contribution in [0.4, 0.5) is 5.69 Å². The van der Waals surface area contributed by atoms with Gasteiger partial charge in [0.2, 0.25) is 0 Å². The van der Waals surface area contributed by atoms with Crippen LogP contribution in [0.2, 0.25) is 0 Å². The number of esters is 1. The van der Waals surface area contributed by atoms with E-state index in [1.807, 2.05) is 18.2 Å². The lowest BCUT2D eigenvalue weighted by Gasteiger charge is -2.06.